The van der Waals surface area contributed by atoms with Crippen LogP contribution in [0.25, 0.3) is 0 Å². The fourth-order valence-electron chi connectivity index (χ4n) is 11.1. The number of rotatable bonds is 49. The Morgan fingerprint density at radius 3 is 1.22 bits per heavy atom. The van der Waals surface area contributed by atoms with Crippen molar-refractivity contribution in [2.45, 2.75) is 343 Å². The number of hydrogen-bond donors (Lipinski definition) is 12. The predicted molar refractivity (Wildman–Crippen MR) is 314 cm³/mol. The van der Waals surface area contributed by atoms with Crippen LogP contribution in [0.3, 0.4) is 0 Å². The molecule has 82 heavy (non-hydrogen) atoms. The van der Waals surface area contributed by atoms with Crippen LogP contribution in [0.2, 0.25) is 0 Å². The molecular weight excluding hydrogens is 1060 g/mol. The van der Waals surface area contributed by atoms with Crippen LogP contribution in [0.1, 0.15) is 239 Å². The molecule has 3 fully saturated rings. The Balaban J connectivity index is 1.45. The maximum atomic E-state index is 13.4. The molecule has 3 saturated heterocycles. The van der Waals surface area contributed by atoms with Crippen molar-refractivity contribution in [2.75, 3.05) is 26.4 Å². The smallest absolute Gasteiger partial charge is 0.220 e. The lowest BCUT2D eigenvalue weighted by atomic mass is 9.96. The number of aliphatic hydroxyl groups is 11. The zero-order chi connectivity index (χ0) is 59.7. The quantitative estimate of drug-likeness (QED) is 0.0213. The van der Waals surface area contributed by atoms with Crippen LogP contribution in [-0.2, 0) is 33.2 Å². The molecule has 0 aromatic heterocycles. The zero-order valence-corrected chi connectivity index (χ0v) is 50.5. The second-order valence-electron chi connectivity index (χ2n) is 23.6. The van der Waals surface area contributed by atoms with Crippen molar-refractivity contribution in [1.29, 1.82) is 0 Å². The average molecular weight is 1180 g/mol. The summed E-state index contributed by atoms with van der Waals surface area (Å²) < 4.78 is 34.3. The number of carbonyl (C=O) groups is 1. The molecule has 12 N–H and O–H groups in total. The summed E-state index contributed by atoms with van der Waals surface area (Å²) in [6, 6.07) is -0.985. The van der Waals surface area contributed by atoms with E-state index in [1.165, 1.54) is 167 Å². The number of nitrogens with one attached hydrogen (secondary N) is 1. The summed E-state index contributed by atoms with van der Waals surface area (Å²) in [7, 11) is 0. The third-order valence-electron chi connectivity index (χ3n) is 16.5. The fraction of sp³-hybridized carbons (Fsp3) is 0.921. The summed E-state index contributed by atoms with van der Waals surface area (Å²) >= 11 is 0. The summed E-state index contributed by atoms with van der Waals surface area (Å²) in [5.74, 6) is -0.282. The van der Waals surface area contributed by atoms with E-state index in [9.17, 15) is 61.0 Å². The van der Waals surface area contributed by atoms with Gasteiger partial charge in [-0.25, -0.2) is 0 Å². The van der Waals surface area contributed by atoms with Crippen LogP contribution < -0.4 is 5.32 Å². The number of allylic oxidation sites excluding steroid dienone is 3. The second-order valence-corrected chi connectivity index (χ2v) is 23.6. The van der Waals surface area contributed by atoms with Gasteiger partial charge in [-0.15, -0.1) is 0 Å². The van der Waals surface area contributed by atoms with Crippen LogP contribution in [0.5, 0.6) is 0 Å². The van der Waals surface area contributed by atoms with Gasteiger partial charge in [-0.3, -0.25) is 4.79 Å². The lowest BCUT2D eigenvalue weighted by molar-refractivity contribution is -0.379. The van der Waals surface area contributed by atoms with Gasteiger partial charge < -0.3 is 89.9 Å². The molecule has 17 atom stereocenters. The highest BCUT2D eigenvalue weighted by atomic mass is 16.8. The maximum Gasteiger partial charge on any atom is 0.220 e. The first-order valence-electron chi connectivity index (χ1n) is 32.6. The minimum atomic E-state index is -1.98. The molecule has 3 rings (SSSR count). The van der Waals surface area contributed by atoms with E-state index in [1.54, 1.807) is 6.08 Å². The van der Waals surface area contributed by atoms with Crippen LogP contribution >= 0.6 is 0 Å². The number of amides is 1. The molecule has 3 heterocycles. The second kappa shape index (κ2) is 46.4. The van der Waals surface area contributed by atoms with Gasteiger partial charge in [-0.05, 0) is 32.1 Å². The van der Waals surface area contributed by atoms with Crippen molar-refractivity contribution < 1.29 is 89.4 Å². The molecule has 17 unspecified atom stereocenters. The number of aliphatic hydroxyl groups excluding tert-OH is 11. The van der Waals surface area contributed by atoms with Crippen molar-refractivity contribution in [1.82, 2.24) is 5.32 Å². The Kier molecular flexibility index (Phi) is 42.2. The molecule has 0 radical (unpaired) electrons. The highest BCUT2D eigenvalue weighted by Crippen LogP contribution is 2.33. The molecular formula is C63H117NO18. The Bertz CT molecular complexity index is 1590. The van der Waals surface area contributed by atoms with E-state index < -0.39 is 124 Å². The topological polar surface area (TPSA) is 307 Å². The Hall–Kier alpha value is -1.73. The van der Waals surface area contributed by atoms with E-state index >= 15 is 0 Å². The van der Waals surface area contributed by atoms with Crippen molar-refractivity contribution in [3.8, 4) is 0 Å². The van der Waals surface area contributed by atoms with Gasteiger partial charge in [0.25, 0.3) is 0 Å². The molecule has 0 saturated carbocycles. The van der Waals surface area contributed by atoms with Crippen LogP contribution in [-0.4, -0.2) is 193 Å². The SMILES string of the molecule is CCCCCCCCCC/C=C/CC/C=C/C(O)C(COC1OC(CO)C(OC2OC(CO)C(OC3OC(CO)C(O)C(O)C3O)C(O)C2O)C(O)C1O)NC(=O)CCCCCCCCCCCCCCCCCCCCCCCCC. The molecule has 3 aliphatic heterocycles. The normalized spacial score (nSPS) is 29.7. The lowest BCUT2D eigenvalue weighted by Gasteiger charge is -2.48. The van der Waals surface area contributed by atoms with E-state index in [-0.39, 0.29) is 18.9 Å². The first kappa shape index (κ1) is 74.5. The highest BCUT2D eigenvalue weighted by Gasteiger charge is 2.53. The van der Waals surface area contributed by atoms with Gasteiger partial charge in [0.1, 0.15) is 73.2 Å². The zero-order valence-electron chi connectivity index (χ0n) is 50.5. The van der Waals surface area contributed by atoms with Gasteiger partial charge in [0.05, 0.1) is 38.6 Å². The first-order chi connectivity index (χ1) is 39.8. The van der Waals surface area contributed by atoms with Crippen LogP contribution in [0, 0.1) is 0 Å². The van der Waals surface area contributed by atoms with Crippen LogP contribution in [0.4, 0.5) is 0 Å². The minimum Gasteiger partial charge on any atom is -0.394 e. The van der Waals surface area contributed by atoms with Crippen molar-refractivity contribution in [2.24, 2.45) is 0 Å². The summed E-state index contributed by atoms with van der Waals surface area (Å²) in [5, 5.41) is 120. The van der Waals surface area contributed by atoms with Gasteiger partial charge >= 0.3 is 0 Å². The monoisotopic (exact) mass is 1180 g/mol. The van der Waals surface area contributed by atoms with E-state index in [0.717, 1.165) is 38.5 Å². The fourth-order valence-corrected chi connectivity index (χ4v) is 11.1. The highest BCUT2D eigenvalue weighted by molar-refractivity contribution is 5.76. The molecule has 1 amide bonds. The minimum absolute atomic E-state index is 0.240. The standard InChI is InChI=1S/C63H117NO18/c1-3-5-7-9-11-13-15-17-19-20-21-22-23-24-25-26-27-29-31-33-35-37-39-41-51(69)64-46(47(68)40-38-36-34-32-30-28-18-16-14-12-10-8-6-4-2)45-77-61-57(75)54(72)59(49(43-66)79-61)82-63-58(76)55(73)60(50(44-67)80-63)81-62-56(74)53(71)52(70)48(42-65)78-62/h30,32,38,40,46-50,52-63,65-68,70-76H,3-29,31,33-37,39,41-45H2,1-2H3,(H,64,69)/b32-30+,40-38+. The van der Waals surface area contributed by atoms with Crippen molar-refractivity contribution >= 4 is 5.91 Å². The van der Waals surface area contributed by atoms with E-state index in [1.807, 2.05) is 6.08 Å². The number of hydrogen-bond acceptors (Lipinski definition) is 18. The molecule has 3 aliphatic rings. The Morgan fingerprint density at radius 1 is 0.427 bits per heavy atom. The van der Waals surface area contributed by atoms with Gasteiger partial charge in [0.15, 0.2) is 18.9 Å². The van der Waals surface area contributed by atoms with Gasteiger partial charge in [-0.1, -0.05) is 224 Å². The maximum absolute atomic E-state index is 13.4. The summed E-state index contributed by atoms with van der Waals surface area (Å²) in [6.45, 7) is 1.72. The summed E-state index contributed by atoms with van der Waals surface area (Å²) in [4.78, 5) is 13.4. The number of ether oxygens (including phenoxy) is 6. The third-order valence-corrected chi connectivity index (χ3v) is 16.5. The number of carbonyl (C=O) groups excluding carboxylic acids is 1. The van der Waals surface area contributed by atoms with E-state index in [2.05, 4.69) is 31.3 Å². The Labute approximate surface area is 492 Å². The van der Waals surface area contributed by atoms with Crippen LogP contribution in [0.15, 0.2) is 24.3 Å². The molecule has 0 aromatic carbocycles. The van der Waals surface area contributed by atoms with Gasteiger partial charge in [-0.2, -0.15) is 0 Å². The molecule has 0 spiro atoms. The summed E-state index contributed by atoms with van der Waals surface area (Å²) in [5.41, 5.74) is 0. The predicted octanol–water partition coefficient (Wildman–Crippen LogP) is 7.10. The molecule has 482 valence electrons. The molecule has 0 aromatic rings. The van der Waals surface area contributed by atoms with Gasteiger partial charge in [0, 0.05) is 6.42 Å². The average Bonchev–Trinajstić information content (AvgIpc) is 2.90. The molecule has 0 bridgehead atoms. The molecule has 19 heteroatoms. The van der Waals surface area contributed by atoms with Crippen molar-refractivity contribution in [3.63, 3.8) is 0 Å². The first-order valence-corrected chi connectivity index (χ1v) is 32.6. The lowest BCUT2D eigenvalue weighted by Crippen LogP contribution is -2.66. The molecule has 0 aliphatic carbocycles. The van der Waals surface area contributed by atoms with E-state index in [4.69, 9.17) is 28.4 Å². The number of unbranched alkanes of at least 4 members (excludes halogenated alkanes) is 31. The summed E-state index contributed by atoms with van der Waals surface area (Å²) in [6.07, 6.45) is 23.1. The largest absolute Gasteiger partial charge is 0.394 e. The molecule has 19 nitrogen and oxygen atoms in total. The van der Waals surface area contributed by atoms with Gasteiger partial charge in [0.2, 0.25) is 5.91 Å². The Morgan fingerprint density at radius 2 is 0.780 bits per heavy atom. The van der Waals surface area contributed by atoms with E-state index in [0.29, 0.717) is 12.8 Å². The third kappa shape index (κ3) is 29.3. The van der Waals surface area contributed by atoms with Crippen molar-refractivity contribution in [3.05, 3.63) is 24.3 Å².